The van der Waals surface area contributed by atoms with Crippen LogP contribution in [0.4, 0.5) is 0 Å². The Morgan fingerprint density at radius 2 is 2.05 bits per heavy atom. The molecule has 0 bridgehead atoms. The molecule has 2 rings (SSSR count). The Labute approximate surface area is 126 Å². The van der Waals surface area contributed by atoms with Crippen molar-refractivity contribution in [2.24, 2.45) is 0 Å². The van der Waals surface area contributed by atoms with E-state index in [1.807, 2.05) is 6.92 Å². The first kappa shape index (κ1) is 16.5. The van der Waals surface area contributed by atoms with Gasteiger partial charge in [-0.25, -0.2) is 8.42 Å². The van der Waals surface area contributed by atoms with Crippen LogP contribution in [0.1, 0.15) is 44.0 Å². The standard InChI is InChI=1S/C14H25N3O3S/c1-4-13-7-5-6-8-17(13)21(19,20)14-11(2)15-16(9-10-18)12(14)3/h13,18H,4-10H2,1-3H3. The molecule has 0 aliphatic carbocycles. The van der Waals surface area contributed by atoms with Gasteiger partial charge in [0.2, 0.25) is 10.0 Å². The van der Waals surface area contributed by atoms with E-state index in [4.69, 9.17) is 5.11 Å². The van der Waals surface area contributed by atoms with Crippen LogP contribution in [0.5, 0.6) is 0 Å². The van der Waals surface area contributed by atoms with Crippen LogP contribution in [0.15, 0.2) is 4.90 Å². The smallest absolute Gasteiger partial charge is 0.246 e. The van der Waals surface area contributed by atoms with Gasteiger partial charge in [0.05, 0.1) is 24.5 Å². The molecule has 1 fully saturated rings. The maximum Gasteiger partial charge on any atom is 0.246 e. The van der Waals surface area contributed by atoms with E-state index in [-0.39, 0.29) is 12.6 Å². The first-order valence-electron chi connectivity index (χ1n) is 7.60. The third-order valence-corrected chi connectivity index (χ3v) is 6.44. The second-order valence-corrected chi connectivity index (χ2v) is 7.45. The minimum absolute atomic E-state index is 0.0528. The van der Waals surface area contributed by atoms with Crippen molar-refractivity contribution in [3.63, 3.8) is 0 Å². The van der Waals surface area contributed by atoms with Gasteiger partial charge in [-0.05, 0) is 33.1 Å². The van der Waals surface area contributed by atoms with Crippen LogP contribution < -0.4 is 0 Å². The van der Waals surface area contributed by atoms with Crippen LogP contribution in [0.25, 0.3) is 0 Å². The first-order chi connectivity index (χ1) is 9.93. The molecule has 0 amide bonds. The predicted molar refractivity (Wildman–Crippen MR) is 80.6 cm³/mol. The average Bonchev–Trinajstić information content (AvgIpc) is 2.74. The zero-order valence-electron chi connectivity index (χ0n) is 13.0. The van der Waals surface area contributed by atoms with Gasteiger partial charge in [-0.1, -0.05) is 13.3 Å². The minimum atomic E-state index is -3.51. The molecule has 1 atom stereocenters. The monoisotopic (exact) mass is 315 g/mol. The van der Waals surface area contributed by atoms with Crippen molar-refractivity contribution in [1.29, 1.82) is 0 Å². The Bertz CT molecular complexity index is 595. The summed E-state index contributed by atoms with van der Waals surface area (Å²) in [5.74, 6) is 0. The molecule has 21 heavy (non-hydrogen) atoms. The average molecular weight is 315 g/mol. The van der Waals surface area contributed by atoms with E-state index < -0.39 is 10.0 Å². The van der Waals surface area contributed by atoms with Crippen molar-refractivity contribution < 1.29 is 13.5 Å². The highest BCUT2D eigenvalue weighted by Gasteiger charge is 2.36. The molecular formula is C14H25N3O3S. The van der Waals surface area contributed by atoms with Crippen molar-refractivity contribution in [3.05, 3.63) is 11.4 Å². The van der Waals surface area contributed by atoms with Gasteiger partial charge in [0.1, 0.15) is 4.90 Å². The van der Waals surface area contributed by atoms with Crippen molar-refractivity contribution in [2.45, 2.75) is 63.9 Å². The molecule has 0 radical (unpaired) electrons. The second-order valence-electron chi connectivity index (χ2n) is 5.62. The Morgan fingerprint density at radius 3 is 2.67 bits per heavy atom. The minimum Gasteiger partial charge on any atom is -0.394 e. The second kappa shape index (κ2) is 6.46. The molecule has 7 heteroatoms. The molecule has 1 aromatic heterocycles. The number of nitrogens with zero attached hydrogens (tertiary/aromatic N) is 3. The van der Waals surface area contributed by atoms with Crippen LogP contribution in [0.3, 0.4) is 0 Å². The van der Waals surface area contributed by atoms with Crippen LogP contribution in [-0.2, 0) is 16.6 Å². The lowest BCUT2D eigenvalue weighted by Gasteiger charge is -2.34. The van der Waals surface area contributed by atoms with Crippen molar-refractivity contribution in [3.8, 4) is 0 Å². The molecule has 1 saturated heterocycles. The SMILES string of the molecule is CCC1CCCCN1S(=O)(=O)c1c(C)nn(CCO)c1C. The number of aliphatic hydroxyl groups excluding tert-OH is 1. The summed E-state index contributed by atoms with van der Waals surface area (Å²) in [6.07, 6.45) is 3.77. The van der Waals surface area contributed by atoms with Gasteiger partial charge in [-0.15, -0.1) is 0 Å². The summed E-state index contributed by atoms with van der Waals surface area (Å²) in [4.78, 5) is 0.316. The molecule has 120 valence electrons. The Balaban J connectivity index is 2.43. The van der Waals surface area contributed by atoms with Gasteiger partial charge < -0.3 is 5.11 Å². The highest BCUT2D eigenvalue weighted by molar-refractivity contribution is 7.89. The lowest BCUT2D eigenvalue weighted by Crippen LogP contribution is -2.43. The van der Waals surface area contributed by atoms with Gasteiger partial charge in [0, 0.05) is 12.6 Å². The lowest BCUT2D eigenvalue weighted by atomic mass is 10.0. The van der Waals surface area contributed by atoms with Gasteiger partial charge >= 0.3 is 0 Å². The number of sulfonamides is 1. The first-order valence-corrected chi connectivity index (χ1v) is 9.04. The summed E-state index contributed by atoms with van der Waals surface area (Å²) in [5.41, 5.74) is 1.13. The third kappa shape index (κ3) is 3.00. The van der Waals surface area contributed by atoms with Gasteiger partial charge in [0.25, 0.3) is 0 Å². The van der Waals surface area contributed by atoms with Crippen LogP contribution in [0, 0.1) is 13.8 Å². The molecule has 1 aliphatic rings. The van der Waals surface area contributed by atoms with Gasteiger partial charge in [0.15, 0.2) is 0 Å². The van der Waals surface area contributed by atoms with E-state index in [0.29, 0.717) is 29.4 Å². The summed E-state index contributed by atoms with van der Waals surface area (Å²) >= 11 is 0. The van der Waals surface area contributed by atoms with Crippen LogP contribution in [-0.4, -0.2) is 46.8 Å². The molecule has 1 aliphatic heterocycles. The fourth-order valence-electron chi connectivity index (χ4n) is 3.18. The molecular weight excluding hydrogens is 290 g/mol. The largest absolute Gasteiger partial charge is 0.394 e. The number of piperidine rings is 1. The summed E-state index contributed by atoms with van der Waals surface area (Å²) < 4.78 is 29.3. The third-order valence-electron chi connectivity index (χ3n) is 4.24. The number of aliphatic hydroxyl groups is 1. The maximum atomic E-state index is 13.0. The zero-order chi connectivity index (χ0) is 15.6. The number of aromatic nitrogens is 2. The van der Waals surface area contributed by atoms with E-state index in [1.165, 1.54) is 0 Å². The summed E-state index contributed by atoms with van der Waals surface area (Å²) in [7, 11) is -3.51. The maximum absolute atomic E-state index is 13.0. The number of aryl methyl sites for hydroxylation is 1. The van der Waals surface area contributed by atoms with E-state index >= 15 is 0 Å². The quantitative estimate of drug-likeness (QED) is 0.892. The molecule has 0 aromatic carbocycles. The van der Waals surface area contributed by atoms with E-state index in [1.54, 1.807) is 22.8 Å². The van der Waals surface area contributed by atoms with Gasteiger partial charge in [-0.2, -0.15) is 9.40 Å². The van der Waals surface area contributed by atoms with E-state index in [2.05, 4.69) is 5.10 Å². The number of hydrogen-bond acceptors (Lipinski definition) is 4. The van der Waals surface area contributed by atoms with Crippen molar-refractivity contribution >= 4 is 10.0 Å². The topological polar surface area (TPSA) is 75.4 Å². The molecule has 0 spiro atoms. The summed E-state index contributed by atoms with van der Waals surface area (Å²) in [5, 5.41) is 13.3. The molecule has 6 nitrogen and oxygen atoms in total. The molecule has 2 heterocycles. The number of rotatable bonds is 5. The van der Waals surface area contributed by atoms with Crippen molar-refractivity contribution in [2.75, 3.05) is 13.2 Å². The lowest BCUT2D eigenvalue weighted by molar-refractivity contribution is 0.246. The fourth-order valence-corrected chi connectivity index (χ4v) is 5.33. The highest BCUT2D eigenvalue weighted by Crippen LogP contribution is 2.30. The number of hydrogen-bond donors (Lipinski definition) is 1. The highest BCUT2D eigenvalue weighted by atomic mass is 32.2. The summed E-state index contributed by atoms with van der Waals surface area (Å²) in [6.45, 7) is 6.37. The summed E-state index contributed by atoms with van der Waals surface area (Å²) in [6, 6.07) is 0.0868. The Hall–Kier alpha value is -0.920. The Kier molecular flexibility index (Phi) is 5.06. The van der Waals surface area contributed by atoms with Crippen LogP contribution >= 0.6 is 0 Å². The molecule has 1 unspecified atom stereocenters. The molecule has 0 saturated carbocycles. The normalized spacial score (nSPS) is 20.9. The Morgan fingerprint density at radius 1 is 1.33 bits per heavy atom. The van der Waals surface area contributed by atoms with Gasteiger partial charge in [-0.3, -0.25) is 4.68 Å². The zero-order valence-corrected chi connectivity index (χ0v) is 13.9. The van der Waals surface area contributed by atoms with E-state index in [9.17, 15) is 8.42 Å². The van der Waals surface area contributed by atoms with Crippen LogP contribution in [0.2, 0.25) is 0 Å². The predicted octanol–water partition coefficient (Wildman–Crippen LogP) is 1.45. The fraction of sp³-hybridized carbons (Fsp3) is 0.786. The van der Waals surface area contributed by atoms with E-state index in [0.717, 1.165) is 25.7 Å². The van der Waals surface area contributed by atoms with Crippen molar-refractivity contribution in [1.82, 2.24) is 14.1 Å². The molecule has 1 aromatic rings. The molecule has 1 N–H and O–H groups in total.